The lowest BCUT2D eigenvalue weighted by Gasteiger charge is -2.10. The summed E-state index contributed by atoms with van der Waals surface area (Å²) in [5.41, 5.74) is 0. The average molecular weight is 204 g/mol. The van der Waals surface area contributed by atoms with Crippen molar-refractivity contribution in [2.24, 2.45) is 0 Å². The minimum Gasteiger partial charge on any atom is -0.461 e. The molecule has 0 aromatic carbocycles. The normalized spacial score (nSPS) is 16.1. The molecule has 5 heteroatoms. The van der Waals surface area contributed by atoms with E-state index in [1.54, 1.807) is 6.26 Å². The SMILES string of the molecule is c1coc(-c2nc(N3CCCC3)n[nH]2)c1. The maximum atomic E-state index is 5.24. The molecule has 5 nitrogen and oxygen atoms in total. The van der Waals surface area contributed by atoms with Gasteiger partial charge in [-0.3, -0.25) is 5.10 Å². The highest BCUT2D eigenvalue weighted by molar-refractivity contribution is 5.48. The van der Waals surface area contributed by atoms with Crippen molar-refractivity contribution in [1.82, 2.24) is 15.2 Å². The van der Waals surface area contributed by atoms with Gasteiger partial charge in [0.25, 0.3) is 0 Å². The van der Waals surface area contributed by atoms with Gasteiger partial charge in [0.2, 0.25) is 5.95 Å². The van der Waals surface area contributed by atoms with Gasteiger partial charge in [-0.1, -0.05) is 0 Å². The minimum absolute atomic E-state index is 0.696. The van der Waals surface area contributed by atoms with Crippen LogP contribution < -0.4 is 4.90 Å². The summed E-state index contributed by atoms with van der Waals surface area (Å²) in [5.74, 6) is 2.20. The van der Waals surface area contributed by atoms with Crippen LogP contribution in [0.3, 0.4) is 0 Å². The fraction of sp³-hybridized carbons (Fsp3) is 0.400. The zero-order valence-electron chi connectivity index (χ0n) is 8.31. The number of H-pyrrole nitrogens is 1. The van der Waals surface area contributed by atoms with E-state index in [2.05, 4.69) is 20.1 Å². The Balaban J connectivity index is 1.87. The van der Waals surface area contributed by atoms with E-state index in [-0.39, 0.29) is 0 Å². The van der Waals surface area contributed by atoms with Gasteiger partial charge in [0.1, 0.15) is 0 Å². The highest BCUT2D eigenvalue weighted by Crippen LogP contribution is 2.20. The van der Waals surface area contributed by atoms with Crippen LogP contribution in [0.1, 0.15) is 12.8 Å². The molecule has 0 bridgehead atoms. The van der Waals surface area contributed by atoms with E-state index < -0.39 is 0 Å². The van der Waals surface area contributed by atoms with Crippen LogP contribution in [0.25, 0.3) is 11.6 Å². The third-order valence-corrected chi connectivity index (χ3v) is 2.62. The first kappa shape index (κ1) is 8.52. The third-order valence-electron chi connectivity index (χ3n) is 2.62. The Kier molecular flexibility index (Phi) is 1.94. The van der Waals surface area contributed by atoms with Gasteiger partial charge >= 0.3 is 0 Å². The van der Waals surface area contributed by atoms with E-state index in [0.29, 0.717) is 5.82 Å². The van der Waals surface area contributed by atoms with Gasteiger partial charge in [-0.25, -0.2) is 0 Å². The van der Waals surface area contributed by atoms with Crippen molar-refractivity contribution in [3.8, 4) is 11.6 Å². The van der Waals surface area contributed by atoms with Crippen molar-refractivity contribution in [3.63, 3.8) is 0 Å². The molecule has 0 radical (unpaired) electrons. The summed E-state index contributed by atoms with van der Waals surface area (Å²) in [6.45, 7) is 2.10. The van der Waals surface area contributed by atoms with Crippen LogP contribution in [-0.4, -0.2) is 28.3 Å². The molecule has 0 saturated carbocycles. The second-order valence-corrected chi connectivity index (χ2v) is 3.66. The van der Waals surface area contributed by atoms with Crippen LogP contribution in [0.15, 0.2) is 22.8 Å². The molecule has 78 valence electrons. The molecule has 2 aromatic rings. The fourth-order valence-corrected chi connectivity index (χ4v) is 1.83. The van der Waals surface area contributed by atoms with Crippen molar-refractivity contribution in [3.05, 3.63) is 18.4 Å². The Bertz CT molecular complexity index is 428. The molecule has 1 aliphatic heterocycles. The van der Waals surface area contributed by atoms with E-state index in [0.717, 1.165) is 24.8 Å². The number of aromatic amines is 1. The smallest absolute Gasteiger partial charge is 0.245 e. The van der Waals surface area contributed by atoms with Crippen LogP contribution in [0, 0.1) is 0 Å². The summed E-state index contributed by atoms with van der Waals surface area (Å²) in [6.07, 6.45) is 4.09. The maximum absolute atomic E-state index is 5.24. The van der Waals surface area contributed by atoms with Crippen LogP contribution in [0.5, 0.6) is 0 Å². The number of hydrogen-bond donors (Lipinski definition) is 1. The quantitative estimate of drug-likeness (QED) is 0.808. The molecule has 1 saturated heterocycles. The molecule has 0 unspecified atom stereocenters. The Labute approximate surface area is 87.1 Å². The number of nitrogens with zero attached hydrogens (tertiary/aromatic N) is 3. The zero-order chi connectivity index (χ0) is 10.1. The van der Waals surface area contributed by atoms with Gasteiger partial charge < -0.3 is 9.32 Å². The first-order valence-electron chi connectivity index (χ1n) is 5.15. The molecule has 1 aliphatic rings. The van der Waals surface area contributed by atoms with E-state index in [4.69, 9.17) is 4.42 Å². The van der Waals surface area contributed by atoms with Crippen LogP contribution in [0.4, 0.5) is 5.95 Å². The van der Waals surface area contributed by atoms with Gasteiger partial charge in [0.15, 0.2) is 11.6 Å². The van der Waals surface area contributed by atoms with Crippen molar-refractivity contribution in [1.29, 1.82) is 0 Å². The van der Waals surface area contributed by atoms with Crippen LogP contribution in [0.2, 0.25) is 0 Å². The highest BCUT2D eigenvalue weighted by atomic mass is 16.3. The largest absolute Gasteiger partial charge is 0.461 e. The Morgan fingerprint density at radius 3 is 2.93 bits per heavy atom. The van der Waals surface area contributed by atoms with Gasteiger partial charge in [-0.2, -0.15) is 4.98 Å². The summed E-state index contributed by atoms with van der Waals surface area (Å²) in [4.78, 5) is 6.58. The minimum atomic E-state index is 0.696. The lowest BCUT2D eigenvalue weighted by Crippen LogP contribution is -2.18. The lowest BCUT2D eigenvalue weighted by molar-refractivity contribution is 0.577. The molecule has 3 rings (SSSR count). The second-order valence-electron chi connectivity index (χ2n) is 3.66. The predicted octanol–water partition coefficient (Wildman–Crippen LogP) is 1.66. The van der Waals surface area contributed by atoms with Crippen LogP contribution in [-0.2, 0) is 0 Å². The zero-order valence-corrected chi connectivity index (χ0v) is 8.31. The molecule has 0 aliphatic carbocycles. The van der Waals surface area contributed by atoms with Gasteiger partial charge in [0.05, 0.1) is 6.26 Å². The van der Waals surface area contributed by atoms with Crippen molar-refractivity contribution < 1.29 is 4.42 Å². The summed E-state index contributed by atoms with van der Waals surface area (Å²) in [6, 6.07) is 3.71. The molecule has 0 atom stereocenters. The van der Waals surface area contributed by atoms with Gasteiger partial charge in [-0.15, -0.1) is 5.10 Å². The Hall–Kier alpha value is -1.78. The monoisotopic (exact) mass is 204 g/mol. The molecule has 0 amide bonds. The summed E-state index contributed by atoms with van der Waals surface area (Å²) in [7, 11) is 0. The van der Waals surface area contributed by atoms with Gasteiger partial charge in [-0.05, 0) is 25.0 Å². The summed E-state index contributed by atoms with van der Waals surface area (Å²) < 4.78 is 5.24. The second kappa shape index (κ2) is 3.42. The maximum Gasteiger partial charge on any atom is 0.245 e. The van der Waals surface area contributed by atoms with E-state index in [9.17, 15) is 0 Å². The Morgan fingerprint density at radius 2 is 2.20 bits per heavy atom. The number of rotatable bonds is 2. The Morgan fingerprint density at radius 1 is 1.33 bits per heavy atom. The number of nitrogens with one attached hydrogen (secondary N) is 1. The first-order valence-corrected chi connectivity index (χ1v) is 5.15. The topological polar surface area (TPSA) is 58.0 Å². The van der Waals surface area contributed by atoms with E-state index >= 15 is 0 Å². The highest BCUT2D eigenvalue weighted by Gasteiger charge is 2.17. The van der Waals surface area contributed by atoms with Crippen molar-refractivity contribution >= 4 is 5.95 Å². The van der Waals surface area contributed by atoms with E-state index in [1.807, 2.05) is 12.1 Å². The number of furan rings is 1. The third kappa shape index (κ3) is 1.49. The molecule has 15 heavy (non-hydrogen) atoms. The average Bonchev–Trinajstić information content (AvgIpc) is 3.02. The number of anilines is 1. The van der Waals surface area contributed by atoms with Crippen molar-refractivity contribution in [2.45, 2.75) is 12.8 Å². The molecule has 3 heterocycles. The van der Waals surface area contributed by atoms with Crippen LogP contribution >= 0.6 is 0 Å². The number of aromatic nitrogens is 3. The van der Waals surface area contributed by atoms with Crippen molar-refractivity contribution in [2.75, 3.05) is 18.0 Å². The molecule has 1 N–H and O–H groups in total. The molecule has 2 aromatic heterocycles. The molecular formula is C10H12N4O. The molecular weight excluding hydrogens is 192 g/mol. The van der Waals surface area contributed by atoms with Gasteiger partial charge in [0, 0.05) is 13.1 Å². The van der Waals surface area contributed by atoms with E-state index in [1.165, 1.54) is 12.8 Å². The molecule has 0 spiro atoms. The lowest BCUT2D eigenvalue weighted by atomic mass is 10.4. The summed E-state index contributed by atoms with van der Waals surface area (Å²) >= 11 is 0. The standard InChI is InChI=1S/C10H12N4O/c1-2-6-14(5-1)10-11-9(12-13-10)8-4-3-7-15-8/h3-4,7H,1-2,5-6H2,(H,11,12,13). The summed E-state index contributed by atoms with van der Waals surface area (Å²) in [5, 5.41) is 7.07. The number of hydrogen-bond acceptors (Lipinski definition) is 4. The predicted molar refractivity (Wildman–Crippen MR) is 55.5 cm³/mol. The fourth-order valence-electron chi connectivity index (χ4n) is 1.83. The molecule has 1 fully saturated rings. The first-order chi connectivity index (χ1) is 7.43.